The molecule has 0 aromatic heterocycles. The molecule has 0 aliphatic rings. The molecule has 121 valence electrons. The molecule has 0 aromatic rings. The van der Waals surface area contributed by atoms with Gasteiger partial charge in [0.15, 0.2) is 0 Å². The summed E-state index contributed by atoms with van der Waals surface area (Å²) in [6.07, 6.45) is 7.51. The van der Waals surface area contributed by atoms with Gasteiger partial charge in [-0.05, 0) is 25.9 Å². The van der Waals surface area contributed by atoms with Crippen LogP contribution in [0.4, 0.5) is 0 Å². The molecular weight excluding hydrogens is 300 g/mol. The summed E-state index contributed by atoms with van der Waals surface area (Å²) in [5.41, 5.74) is 10.4. The first kappa shape index (κ1) is 31.0. The maximum Gasteiger partial charge on any atom is 2.00 e. The van der Waals surface area contributed by atoms with E-state index in [0.717, 1.165) is 13.1 Å². The van der Waals surface area contributed by atoms with Crippen LogP contribution in [-0.4, -0.2) is 26.0 Å². The van der Waals surface area contributed by atoms with Crippen LogP contribution in [-0.2, 0) is 26.7 Å². The number of nitrogens with two attached hydrogens (primary N) is 2. The first-order valence-corrected chi connectivity index (χ1v) is 6.17. The van der Waals surface area contributed by atoms with Gasteiger partial charge in [0.05, 0.1) is 0 Å². The summed E-state index contributed by atoms with van der Waals surface area (Å²) in [5.74, 6) is 0. The van der Waals surface area contributed by atoms with Crippen LogP contribution in [0, 0.1) is 0 Å². The second-order valence-corrected chi connectivity index (χ2v) is 3.18. The number of hydrogen-bond donors (Lipinski definition) is 2. The molecule has 0 atom stereocenters. The van der Waals surface area contributed by atoms with E-state index in [1.165, 1.54) is 38.5 Å². The van der Waals surface area contributed by atoms with Gasteiger partial charge in [-0.2, -0.15) is 0 Å². The van der Waals surface area contributed by atoms with Crippen LogP contribution in [0.2, 0.25) is 0 Å². The minimum absolute atomic E-state index is 0. The molecule has 4 N–H and O–H groups in total. The molecule has 0 bridgehead atoms. The fraction of sp³-hybridized carbons (Fsp3) is 0.833. The molecule has 6 nitrogen and oxygen atoms in total. The van der Waals surface area contributed by atoms with Crippen molar-refractivity contribution < 1.29 is 36.9 Å². The Morgan fingerprint density at radius 3 is 1.05 bits per heavy atom. The number of rotatable bonds is 6. The standard InChI is InChI=1S/2C5H13N.2CH2O2.Cu/c2*1-2-3-4-5-6;2*2-1-3;/h2*2-6H2,1H3;2*1H,(H,2,3);/q;;;;+2/p-2. The van der Waals surface area contributed by atoms with Crippen LogP contribution in [0.25, 0.3) is 0 Å². The Hall–Kier alpha value is -0.621. The summed E-state index contributed by atoms with van der Waals surface area (Å²) in [4.78, 5) is 16.5. The van der Waals surface area contributed by atoms with E-state index in [9.17, 15) is 0 Å². The average Bonchev–Trinajstić information content (AvgIpc) is 2.36. The molecule has 0 aromatic carbocycles. The smallest absolute Gasteiger partial charge is 0.554 e. The number of hydrogen-bond acceptors (Lipinski definition) is 6. The third-order valence-corrected chi connectivity index (χ3v) is 1.62. The van der Waals surface area contributed by atoms with Crippen molar-refractivity contribution in [3.63, 3.8) is 0 Å². The SMILES string of the molecule is CCCCCN.CCCCCN.O=C[O-].O=C[O-].[Cu+2]. The molecule has 0 rings (SSSR count). The zero-order valence-electron chi connectivity index (χ0n) is 11.9. The van der Waals surface area contributed by atoms with Gasteiger partial charge in [0.1, 0.15) is 0 Å². The Balaban J connectivity index is -0.0000000476. The quantitative estimate of drug-likeness (QED) is 0.365. The van der Waals surface area contributed by atoms with Crippen LogP contribution in [0.1, 0.15) is 52.4 Å². The summed E-state index contributed by atoms with van der Waals surface area (Å²) < 4.78 is 0. The fourth-order valence-corrected chi connectivity index (χ4v) is 0.789. The maximum absolute atomic E-state index is 8.25. The molecule has 0 aliphatic carbocycles. The third kappa shape index (κ3) is 142. The molecule has 0 saturated carbocycles. The van der Waals surface area contributed by atoms with Gasteiger partial charge in [0, 0.05) is 12.9 Å². The predicted octanol–water partition coefficient (Wildman–Crippen LogP) is -1.000. The monoisotopic (exact) mass is 327 g/mol. The molecule has 0 heterocycles. The van der Waals surface area contributed by atoms with Crippen molar-refractivity contribution in [2.24, 2.45) is 11.5 Å². The van der Waals surface area contributed by atoms with Crippen molar-refractivity contribution in [3.8, 4) is 0 Å². The molecule has 7 heteroatoms. The third-order valence-electron chi connectivity index (χ3n) is 1.62. The van der Waals surface area contributed by atoms with Gasteiger partial charge in [0.2, 0.25) is 0 Å². The largest absolute Gasteiger partial charge is 2.00 e. The molecule has 0 saturated heterocycles. The topological polar surface area (TPSA) is 132 Å². The van der Waals surface area contributed by atoms with E-state index in [1.807, 2.05) is 0 Å². The Kier molecular flexibility index (Phi) is 86.5. The van der Waals surface area contributed by atoms with Crippen LogP contribution in [0.3, 0.4) is 0 Å². The number of carboxylic acid groups (broad SMARTS) is 2. The van der Waals surface area contributed by atoms with Crippen molar-refractivity contribution in [2.45, 2.75) is 52.4 Å². The van der Waals surface area contributed by atoms with Gasteiger partial charge in [-0.3, -0.25) is 0 Å². The molecule has 0 unspecified atom stereocenters. The van der Waals surface area contributed by atoms with E-state index in [4.69, 9.17) is 31.3 Å². The Bertz CT molecular complexity index is 108. The van der Waals surface area contributed by atoms with Gasteiger partial charge in [-0.25, -0.2) is 0 Å². The van der Waals surface area contributed by atoms with Crippen molar-refractivity contribution in [1.82, 2.24) is 0 Å². The van der Waals surface area contributed by atoms with E-state index in [-0.39, 0.29) is 17.1 Å². The maximum atomic E-state index is 8.25. The fourth-order valence-electron chi connectivity index (χ4n) is 0.789. The molecular formula is C12H28CuN2O4. The van der Waals surface area contributed by atoms with E-state index in [1.54, 1.807) is 0 Å². The van der Waals surface area contributed by atoms with E-state index >= 15 is 0 Å². The first-order valence-electron chi connectivity index (χ1n) is 6.17. The van der Waals surface area contributed by atoms with Crippen LogP contribution in [0.15, 0.2) is 0 Å². The Morgan fingerprint density at radius 1 is 0.789 bits per heavy atom. The van der Waals surface area contributed by atoms with Gasteiger partial charge in [-0.15, -0.1) is 0 Å². The van der Waals surface area contributed by atoms with Crippen LogP contribution in [0.5, 0.6) is 0 Å². The summed E-state index contributed by atoms with van der Waals surface area (Å²) in [6.45, 7) is 5.06. The first-order chi connectivity index (χ1) is 8.66. The van der Waals surface area contributed by atoms with Crippen molar-refractivity contribution in [2.75, 3.05) is 13.1 Å². The summed E-state index contributed by atoms with van der Waals surface area (Å²) in [5, 5.41) is 16.5. The van der Waals surface area contributed by atoms with Crippen molar-refractivity contribution in [1.29, 1.82) is 0 Å². The molecule has 0 aliphatic heterocycles. The predicted molar refractivity (Wildman–Crippen MR) is 69.3 cm³/mol. The minimum atomic E-state index is -0.500. The zero-order chi connectivity index (χ0) is 15.1. The van der Waals surface area contributed by atoms with Gasteiger partial charge in [0.25, 0.3) is 0 Å². The second kappa shape index (κ2) is 53.0. The summed E-state index contributed by atoms with van der Waals surface area (Å²) in [7, 11) is 0. The summed E-state index contributed by atoms with van der Waals surface area (Å²) >= 11 is 0. The van der Waals surface area contributed by atoms with Crippen LogP contribution >= 0.6 is 0 Å². The Labute approximate surface area is 127 Å². The average molecular weight is 328 g/mol. The van der Waals surface area contributed by atoms with E-state index in [0.29, 0.717) is 0 Å². The number of carbonyl (C=O) groups excluding carboxylic acids is 2. The van der Waals surface area contributed by atoms with Crippen molar-refractivity contribution >= 4 is 12.9 Å². The molecule has 0 spiro atoms. The van der Waals surface area contributed by atoms with Gasteiger partial charge >= 0.3 is 17.1 Å². The number of carbonyl (C=O) groups is 2. The van der Waals surface area contributed by atoms with E-state index < -0.39 is 12.9 Å². The molecule has 1 radical (unpaired) electrons. The molecule has 19 heavy (non-hydrogen) atoms. The number of unbranched alkanes of at least 4 members (excludes halogenated alkanes) is 4. The van der Waals surface area contributed by atoms with Crippen molar-refractivity contribution in [3.05, 3.63) is 0 Å². The zero-order valence-corrected chi connectivity index (χ0v) is 12.8. The molecule has 0 amide bonds. The Morgan fingerprint density at radius 2 is 1.00 bits per heavy atom. The molecule has 0 fully saturated rings. The summed E-state index contributed by atoms with van der Waals surface area (Å²) in [6, 6.07) is 0. The second-order valence-electron chi connectivity index (χ2n) is 3.18. The van der Waals surface area contributed by atoms with E-state index in [2.05, 4.69) is 13.8 Å². The normalized spacial score (nSPS) is 6.95. The minimum Gasteiger partial charge on any atom is -0.554 e. The van der Waals surface area contributed by atoms with Gasteiger partial charge in [-0.1, -0.05) is 39.5 Å². The van der Waals surface area contributed by atoms with Gasteiger partial charge < -0.3 is 31.3 Å². The van der Waals surface area contributed by atoms with Crippen LogP contribution < -0.4 is 21.7 Å².